The first-order chi connectivity index (χ1) is 8.63. The van der Waals surface area contributed by atoms with Gasteiger partial charge in [0.05, 0.1) is 11.4 Å². The van der Waals surface area contributed by atoms with Gasteiger partial charge >= 0.3 is 5.97 Å². The van der Waals surface area contributed by atoms with Gasteiger partial charge in [-0.3, -0.25) is 9.48 Å². The fourth-order valence-corrected chi connectivity index (χ4v) is 2.46. The Bertz CT molecular complexity index is 549. The number of aromatic nitrogens is 3. The monoisotopic (exact) mass is 266 g/mol. The van der Waals surface area contributed by atoms with Gasteiger partial charge in [-0.1, -0.05) is 6.92 Å². The Morgan fingerprint density at radius 3 is 3.11 bits per heavy atom. The van der Waals surface area contributed by atoms with E-state index >= 15 is 0 Å². The lowest BCUT2D eigenvalue weighted by Crippen LogP contribution is -2.20. The van der Waals surface area contributed by atoms with Crippen LogP contribution in [-0.2, 0) is 11.3 Å². The first kappa shape index (κ1) is 12.7. The van der Waals surface area contributed by atoms with Crippen molar-refractivity contribution in [3.63, 3.8) is 0 Å². The second-order valence-corrected chi connectivity index (χ2v) is 4.69. The van der Waals surface area contributed by atoms with Crippen molar-refractivity contribution in [3.05, 3.63) is 23.3 Å². The molecule has 2 rings (SSSR count). The lowest BCUT2D eigenvalue weighted by Gasteiger charge is -2.03. The van der Waals surface area contributed by atoms with Crippen molar-refractivity contribution in [2.75, 3.05) is 0 Å². The molecule has 3 N–H and O–H groups in total. The van der Waals surface area contributed by atoms with Crippen molar-refractivity contribution < 1.29 is 9.90 Å². The number of thiazole rings is 1. The molecule has 2 aromatic rings. The molecule has 0 amide bonds. The van der Waals surface area contributed by atoms with Crippen LogP contribution in [0, 0.1) is 0 Å². The molecule has 0 aliphatic heterocycles. The van der Waals surface area contributed by atoms with E-state index in [4.69, 9.17) is 10.8 Å². The third kappa shape index (κ3) is 2.41. The third-order valence-electron chi connectivity index (χ3n) is 2.48. The zero-order valence-electron chi connectivity index (χ0n) is 9.91. The van der Waals surface area contributed by atoms with Crippen molar-refractivity contribution >= 4 is 17.3 Å². The van der Waals surface area contributed by atoms with Gasteiger partial charge in [-0.2, -0.15) is 5.10 Å². The van der Waals surface area contributed by atoms with Gasteiger partial charge < -0.3 is 10.8 Å². The van der Waals surface area contributed by atoms with Crippen LogP contribution in [0.15, 0.2) is 17.6 Å². The van der Waals surface area contributed by atoms with E-state index in [9.17, 15) is 4.79 Å². The Morgan fingerprint density at radius 2 is 2.44 bits per heavy atom. The highest BCUT2D eigenvalue weighted by atomic mass is 32.1. The zero-order valence-corrected chi connectivity index (χ0v) is 10.7. The molecule has 2 aromatic heterocycles. The Morgan fingerprint density at radius 1 is 1.67 bits per heavy atom. The molecular weight excluding hydrogens is 252 g/mol. The molecule has 96 valence electrons. The number of carboxylic acid groups (broad SMARTS) is 1. The van der Waals surface area contributed by atoms with Crippen LogP contribution in [0.4, 0.5) is 0 Å². The molecule has 0 spiro atoms. The number of aryl methyl sites for hydroxylation is 1. The standard InChI is InChI=1S/C11H14N4O2S/c1-2-5-15-8(3-4-13-15)10-14-7(6-18-10)9(12)11(16)17/h3-4,6,9H,2,5,12H2,1H3,(H,16,17). The van der Waals surface area contributed by atoms with Crippen molar-refractivity contribution in [1.29, 1.82) is 0 Å². The Balaban J connectivity index is 2.29. The summed E-state index contributed by atoms with van der Waals surface area (Å²) in [6.07, 6.45) is 2.69. The van der Waals surface area contributed by atoms with E-state index in [1.807, 2.05) is 10.7 Å². The van der Waals surface area contributed by atoms with E-state index in [2.05, 4.69) is 17.0 Å². The van der Waals surface area contributed by atoms with Crippen LogP contribution in [0.2, 0.25) is 0 Å². The molecule has 1 unspecified atom stereocenters. The van der Waals surface area contributed by atoms with Gasteiger partial charge in [0.15, 0.2) is 0 Å². The summed E-state index contributed by atoms with van der Waals surface area (Å²) in [5.74, 6) is -1.08. The van der Waals surface area contributed by atoms with E-state index in [0.29, 0.717) is 5.69 Å². The predicted octanol–water partition coefficient (Wildman–Crippen LogP) is 1.50. The van der Waals surface area contributed by atoms with Crippen molar-refractivity contribution in [2.45, 2.75) is 25.9 Å². The van der Waals surface area contributed by atoms with Gasteiger partial charge in [0.1, 0.15) is 11.0 Å². The summed E-state index contributed by atoms with van der Waals surface area (Å²) >= 11 is 1.38. The second kappa shape index (κ2) is 5.28. The Hall–Kier alpha value is -1.73. The molecule has 0 fully saturated rings. The molecular formula is C11H14N4O2S. The van der Waals surface area contributed by atoms with Crippen LogP contribution in [0.5, 0.6) is 0 Å². The predicted molar refractivity (Wildman–Crippen MR) is 68.2 cm³/mol. The van der Waals surface area contributed by atoms with Gasteiger partial charge in [-0.25, -0.2) is 4.98 Å². The SMILES string of the molecule is CCCn1nccc1-c1nc(C(N)C(=O)O)cs1. The first-order valence-corrected chi connectivity index (χ1v) is 6.47. The van der Waals surface area contributed by atoms with Gasteiger partial charge in [0, 0.05) is 18.1 Å². The molecule has 18 heavy (non-hydrogen) atoms. The summed E-state index contributed by atoms with van der Waals surface area (Å²) in [5.41, 5.74) is 6.80. The molecule has 0 aliphatic carbocycles. The minimum absolute atomic E-state index is 0.381. The lowest BCUT2D eigenvalue weighted by atomic mass is 10.2. The fraction of sp³-hybridized carbons (Fsp3) is 0.364. The van der Waals surface area contributed by atoms with Gasteiger partial charge in [-0.05, 0) is 12.5 Å². The number of aliphatic carboxylic acids is 1. The molecule has 0 radical (unpaired) electrons. The molecule has 0 aliphatic rings. The van der Waals surface area contributed by atoms with Crippen molar-refractivity contribution in [3.8, 4) is 10.7 Å². The molecule has 6 nitrogen and oxygen atoms in total. The molecule has 0 bridgehead atoms. The summed E-state index contributed by atoms with van der Waals surface area (Å²) in [4.78, 5) is 15.1. The van der Waals surface area contributed by atoms with Crippen LogP contribution in [0.25, 0.3) is 10.7 Å². The summed E-state index contributed by atoms with van der Waals surface area (Å²) < 4.78 is 1.86. The first-order valence-electron chi connectivity index (χ1n) is 5.59. The summed E-state index contributed by atoms with van der Waals surface area (Å²) in [6.45, 7) is 2.88. The Labute approximate surface area is 108 Å². The number of nitrogens with two attached hydrogens (primary N) is 1. The fourth-order valence-electron chi connectivity index (χ4n) is 1.58. The highest BCUT2D eigenvalue weighted by Gasteiger charge is 2.19. The minimum Gasteiger partial charge on any atom is -0.480 e. The highest BCUT2D eigenvalue weighted by Crippen LogP contribution is 2.25. The molecule has 0 aromatic carbocycles. The van der Waals surface area contributed by atoms with Gasteiger partial charge in [0.25, 0.3) is 0 Å². The average Bonchev–Trinajstić information content (AvgIpc) is 2.96. The normalized spacial score (nSPS) is 12.6. The van der Waals surface area contributed by atoms with Crippen LogP contribution < -0.4 is 5.73 Å². The topological polar surface area (TPSA) is 94.0 Å². The maximum atomic E-state index is 10.8. The van der Waals surface area contributed by atoms with E-state index in [-0.39, 0.29) is 0 Å². The number of carbonyl (C=O) groups is 1. The van der Waals surface area contributed by atoms with Gasteiger partial charge in [-0.15, -0.1) is 11.3 Å². The molecule has 7 heteroatoms. The third-order valence-corrected chi connectivity index (χ3v) is 3.36. The van der Waals surface area contributed by atoms with E-state index in [1.165, 1.54) is 11.3 Å². The largest absolute Gasteiger partial charge is 0.480 e. The summed E-state index contributed by atoms with van der Waals surface area (Å²) in [5, 5.41) is 15.5. The van der Waals surface area contributed by atoms with E-state index in [1.54, 1.807) is 11.6 Å². The summed E-state index contributed by atoms with van der Waals surface area (Å²) in [7, 11) is 0. The van der Waals surface area contributed by atoms with E-state index in [0.717, 1.165) is 23.7 Å². The zero-order chi connectivity index (χ0) is 13.1. The molecule has 0 saturated heterocycles. The second-order valence-electron chi connectivity index (χ2n) is 3.83. The number of carboxylic acids is 1. The molecule has 2 heterocycles. The Kier molecular flexibility index (Phi) is 3.73. The van der Waals surface area contributed by atoms with E-state index < -0.39 is 12.0 Å². The smallest absolute Gasteiger partial charge is 0.326 e. The van der Waals surface area contributed by atoms with Crippen molar-refractivity contribution in [1.82, 2.24) is 14.8 Å². The molecule has 0 saturated carbocycles. The highest BCUT2D eigenvalue weighted by molar-refractivity contribution is 7.13. The lowest BCUT2D eigenvalue weighted by molar-refractivity contribution is -0.138. The number of hydrogen-bond donors (Lipinski definition) is 2. The number of nitrogens with zero attached hydrogens (tertiary/aromatic N) is 3. The maximum Gasteiger partial charge on any atom is 0.326 e. The van der Waals surface area contributed by atoms with Crippen LogP contribution in [0.3, 0.4) is 0 Å². The number of hydrogen-bond acceptors (Lipinski definition) is 5. The van der Waals surface area contributed by atoms with Crippen LogP contribution in [-0.4, -0.2) is 25.8 Å². The maximum absolute atomic E-state index is 10.8. The molecule has 1 atom stereocenters. The van der Waals surface area contributed by atoms with Crippen LogP contribution in [0.1, 0.15) is 25.1 Å². The quantitative estimate of drug-likeness (QED) is 0.855. The average molecular weight is 266 g/mol. The van der Waals surface area contributed by atoms with Crippen molar-refractivity contribution in [2.24, 2.45) is 5.73 Å². The van der Waals surface area contributed by atoms with Crippen LogP contribution >= 0.6 is 11.3 Å². The summed E-state index contributed by atoms with van der Waals surface area (Å²) in [6, 6.07) is 0.794. The minimum atomic E-state index is -1.08. The van der Waals surface area contributed by atoms with Gasteiger partial charge in [0.2, 0.25) is 0 Å². The number of rotatable bonds is 5.